The molecule has 9 heteroatoms. The summed E-state index contributed by atoms with van der Waals surface area (Å²) in [6.07, 6.45) is -8.99. The number of hydrogen-bond acceptors (Lipinski definition) is 2. The van der Waals surface area contributed by atoms with E-state index in [4.69, 9.17) is 5.11 Å². The maximum atomic E-state index is 12.8. The minimum Gasteiger partial charge on any atom is -0.465 e. The molecule has 4 nitrogen and oxygen atoms in total. The molecule has 1 amide bonds. The molecule has 138 valence electrons. The third kappa shape index (κ3) is 5.20. The molecule has 26 heavy (non-hydrogen) atoms. The summed E-state index contributed by atoms with van der Waals surface area (Å²) >= 11 is 0. The molecule has 0 saturated carbocycles. The Bertz CT molecular complexity index is 784. The molecular formula is C17H12F5NO3. The number of nitrogens with one attached hydrogen (secondary N) is 1. The van der Waals surface area contributed by atoms with Crippen molar-refractivity contribution in [3.05, 3.63) is 59.7 Å². The molecule has 0 atom stereocenters. The van der Waals surface area contributed by atoms with Crippen LogP contribution in [0.4, 0.5) is 32.4 Å². The number of ether oxygens (including phenoxy) is 1. The summed E-state index contributed by atoms with van der Waals surface area (Å²) in [4.78, 5) is 10.5. The van der Waals surface area contributed by atoms with Crippen LogP contribution in [0, 0.1) is 0 Å². The Labute approximate surface area is 144 Å². The average Bonchev–Trinajstić information content (AvgIpc) is 2.54. The van der Waals surface area contributed by atoms with Gasteiger partial charge in [0.2, 0.25) is 0 Å². The van der Waals surface area contributed by atoms with E-state index in [1.54, 1.807) is 36.4 Å². The summed E-state index contributed by atoms with van der Waals surface area (Å²) in [6.45, 7) is 0. The molecule has 0 radical (unpaired) electrons. The van der Waals surface area contributed by atoms with Crippen molar-refractivity contribution in [2.75, 3.05) is 5.32 Å². The van der Waals surface area contributed by atoms with Crippen LogP contribution in [0.2, 0.25) is 0 Å². The van der Waals surface area contributed by atoms with Gasteiger partial charge in [-0.3, -0.25) is 5.32 Å². The zero-order valence-corrected chi connectivity index (χ0v) is 12.9. The molecule has 0 heterocycles. The fraction of sp³-hybridized carbons (Fsp3) is 0.118. The fourth-order valence-corrected chi connectivity index (χ4v) is 1.85. The highest BCUT2D eigenvalue weighted by Crippen LogP contribution is 2.37. The zero-order valence-electron chi connectivity index (χ0n) is 12.9. The van der Waals surface area contributed by atoms with E-state index in [0.717, 1.165) is 17.7 Å². The quantitative estimate of drug-likeness (QED) is 0.539. The Morgan fingerprint density at radius 1 is 0.885 bits per heavy atom. The standard InChI is InChI=1S/C17H12F5NO3/c18-16(19,20)17(21,22)26-14-9-5-12(6-10-14)2-1-11-3-7-13(8-4-11)23-15(24)25/h1-10,23H,(H,24,25)/b2-1+. The molecule has 2 N–H and O–H groups in total. The van der Waals surface area contributed by atoms with Gasteiger partial charge in [0.05, 0.1) is 0 Å². The molecule has 0 aliphatic rings. The number of alkyl halides is 5. The molecule has 0 fully saturated rings. The Morgan fingerprint density at radius 2 is 1.35 bits per heavy atom. The van der Waals surface area contributed by atoms with Crippen molar-refractivity contribution in [2.24, 2.45) is 0 Å². The van der Waals surface area contributed by atoms with Gasteiger partial charge in [-0.05, 0) is 35.4 Å². The molecule has 2 aromatic carbocycles. The first-order valence-corrected chi connectivity index (χ1v) is 7.08. The highest BCUT2D eigenvalue weighted by atomic mass is 19.4. The molecule has 0 aliphatic heterocycles. The van der Waals surface area contributed by atoms with Crippen LogP contribution in [0.3, 0.4) is 0 Å². The number of rotatable bonds is 5. The van der Waals surface area contributed by atoms with Crippen molar-refractivity contribution in [3.8, 4) is 5.75 Å². The van der Waals surface area contributed by atoms with Gasteiger partial charge in [-0.25, -0.2) is 4.79 Å². The predicted octanol–water partition coefficient (Wildman–Crippen LogP) is 5.48. The van der Waals surface area contributed by atoms with E-state index in [0.29, 0.717) is 11.3 Å². The summed E-state index contributed by atoms with van der Waals surface area (Å²) in [5, 5.41) is 10.8. The smallest absolute Gasteiger partial charge is 0.465 e. The van der Waals surface area contributed by atoms with Crippen LogP contribution in [0.5, 0.6) is 5.75 Å². The first-order valence-electron chi connectivity index (χ1n) is 7.08. The van der Waals surface area contributed by atoms with E-state index in [2.05, 4.69) is 10.1 Å². The van der Waals surface area contributed by atoms with Gasteiger partial charge in [-0.2, -0.15) is 22.0 Å². The van der Waals surface area contributed by atoms with Gasteiger partial charge in [0.15, 0.2) is 0 Å². The lowest BCUT2D eigenvalue weighted by molar-refractivity contribution is -0.360. The summed E-state index contributed by atoms with van der Waals surface area (Å²) in [5.41, 5.74) is 1.66. The maximum Gasteiger partial charge on any atom is 0.499 e. The van der Waals surface area contributed by atoms with E-state index >= 15 is 0 Å². The highest BCUT2D eigenvalue weighted by molar-refractivity contribution is 5.83. The zero-order chi connectivity index (χ0) is 19.4. The van der Waals surface area contributed by atoms with Gasteiger partial charge in [-0.1, -0.05) is 36.4 Å². The second-order valence-electron chi connectivity index (χ2n) is 5.07. The van der Waals surface area contributed by atoms with Gasteiger partial charge < -0.3 is 9.84 Å². The Morgan fingerprint density at radius 3 is 1.77 bits per heavy atom. The number of halogens is 5. The van der Waals surface area contributed by atoms with Crippen molar-refractivity contribution in [1.29, 1.82) is 0 Å². The number of carboxylic acid groups (broad SMARTS) is 1. The summed E-state index contributed by atoms with van der Waals surface area (Å²) < 4.78 is 65.5. The number of carbonyl (C=O) groups is 1. The van der Waals surface area contributed by atoms with Crippen molar-refractivity contribution in [1.82, 2.24) is 0 Å². The number of hydrogen-bond donors (Lipinski definition) is 2. The van der Waals surface area contributed by atoms with Crippen molar-refractivity contribution >= 4 is 23.9 Å². The van der Waals surface area contributed by atoms with Crippen molar-refractivity contribution in [3.63, 3.8) is 0 Å². The van der Waals surface area contributed by atoms with Crippen molar-refractivity contribution in [2.45, 2.75) is 12.3 Å². The molecule has 2 aromatic rings. The molecule has 0 aromatic heterocycles. The molecule has 0 bridgehead atoms. The normalized spacial score (nSPS) is 12.2. The third-order valence-corrected chi connectivity index (χ3v) is 3.09. The lowest BCUT2D eigenvalue weighted by atomic mass is 10.1. The lowest BCUT2D eigenvalue weighted by Crippen LogP contribution is -2.41. The van der Waals surface area contributed by atoms with Gasteiger partial charge >= 0.3 is 18.4 Å². The van der Waals surface area contributed by atoms with E-state index in [-0.39, 0.29) is 0 Å². The molecule has 0 spiro atoms. The minimum absolute atomic E-state index is 0.391. The second kappa shape index (κ2) is 7.42. The Hall–Kier alpha value is -3.10. The number of anilines is 1. The second-order valence-corrected chi connectivity index (χ2v) is 5.07. The summed E-state index contributed by atoms with van der Waals surface area (Å²) in [6, 6.07) is 11.0. The van der Waals surface area contributed by atoms with Crippen LogP contribution in [0.25, 0.3) is 12.2 Å². The topological polar surface area (TPSA) is 58.6 Å². The van der Waals surface area contributed by atoms with E-state index in [1.165, 1.54) is 12.1 Å². The minimum atomic E-state index is -5.80. The van der Waals surface area contributed by atoms with Gasteiger partial charge in [0.25, 0.3) is 0 Å². The summed E-state index contributed by atoms with van der Waals surface area (Å²) in [7, 11) is 0. The molecule has 0 unspecified atom stereocenters. The van der Waals surface area contributed by atoms with E-state index in [9.17, 15) is 26.7 Å². The van der Waals surface area contributed by atoms with Crippen molar-refractivity contribution < 1.29 is 36.6 Å². The predicted molar refractivity (Wildman–Crippen MR) is 85.1 cm³/mol. The third-order valence-electron chi connectivity index (χ3n) is 3.09. The largest absolute Gasteiger partial charge is 0.499 e. The number of benzene rings is 2. The first kappa shape index (κ1) is 19.2. The molecular weight excluding hydrogens is 361 g/mol. The Balaban J connectivity index is 2.02. The van der Waals surface area contributed by atoms with Crippen LogP contribution in [-0.4, -0.2) is 23.5 Å². The van der Waals surface area contributed by atoms with Crippen LogP contribution in [0.15, 0.2) is 48.5 Å². The van der Waals surface area contributed by atoms with Crippen LogP contribution >= 0.6 is 0 Å². The van der Waals surface area contributed by atoms with E-state index in [1.807, 2.05) is 0 Å². The van der Waals surface area contributed by atoms with Gasteiger partial charge in [0, 0.05) is 5.69 Å². The molecule has 2 rings (SSSR count). The molecule has 0 aliphatic carbocycles. The van der Waals surface area contributed by atoms with Crippen LogP contribution in [-0.2, 0) is 0 Å². The number of amides is 1. The van der Waals surface area contributed by atoms with E-state index < -0.39 is 24.1 Å². The maximum absolute atomic E-state index is 12.8. The van der Waals surface area contributed by atoms with Gasteiger partial charge in [0.1, 0.15) is 5.75 Å². The summed E-state index contributed by atoms with van der Waals surface area (Å²) in [5.74, 6) is -0.617. The first-order chi connectivity index (χ1) is 12.1. The van der Waals surface area contributed by atoms with Crippen LogP contribution in [0.1, 0.15) is 11.1 Å². The van der Waals surface area contributed by atoms with Crippen LogP contribution < -0.4 is 10.1 Å². The van der Waals surface area contributed by atoms with Gasteiger partial charge in [-0.15, -0.1) is 0 Å². The Kier molecular flexibility index (Phi) is 5.49. The lowest BCUT2D eigenvalue weighted by Gasteiger charge is -2.20. The SMILES string of the molecule is O=C(O)Nc1ccc(/C=C/c2ccc(OC(F)(F)C(F)(F)F)cc2)cc1. The average molecular weight is 373 g/mol. The molecule has 0 saturated heterocycles. The fourth-order valence-electron chi connectivity index (χ4n) is 1.85. The monoisotopic (exact) mass is 373 g/mol. The highest BCUT2D eigenvalue weighted by Gasteiger charge is 2.61.